The first-order valence-electron chi connectivity index (χ1n) is 13.7. The normalized spacial score (nSPS) is 31.7. The summed E-state index contributed by atoms with van der Waals surface area (Å²) in [6, 6.07) is 0. The predicted molar refractivity (Wildman–Crippen MR) is 150 cm³/mol. The van der Waals surface area contributed by atoms with Gasteiger partial charge in [-0.05, 0) is 67.0 Å². The van der Waals surface area contributed by atoms with Gasteiger partial charge in [0, 0.05) is 6.61 Å². The monoisotopic (exact) mass is 520 g/mol. The molecule has 6 heteroatoms. The first-order valence-corrected chi connectivity index (χ1v) is 18.8. The van der Waals surface area contributed by atoms with Crippen LogP contribution in [0.25, 0.3) is 0 Å². The van der Waals surface area contributed by atoms with Crippen molar-refractivity contribution in [3.05, 3.63) is 23.5 Å². The summed E-state index contributed by atoms with van der Waals surface area (Å²) in [6.07, 6.45) is 1.99. The lowest BCUT2D eigenvalue weighted by atomic mass is 9.64. The summed E-state index contributed by atoms with van der Waals surface area (Å²) in [7, 11) is -4.28. The molecule has 1 saturated heterocycles. The van der Waals surface area contributed by atoms with E-state index in [-0.39, 0.29) is 11.0 Å². The van der Waals surface area contributed by atoms with Gasteiger partial charge < -0.3 is 13.6 Å². The van der Waals surface area contributed by atoms with Crippen molar-refractivity contribution in [2.45, 2.75) is 136 Å². The van der Waals surface area contributed by atoms with Crippen LogP contribution in [0.1, 0.15) is 95.4 Å². The van der Waals surface area contributed by atoms with Crippen LogP contribution in [0.3, 0.4) is 0 Å². The number of carbonyl (C=O) groups excluding carboxylic acids is 1. The van der Waals surface area contributed by atoms with E-state index in [0.717, 1.165) is 24.2 Å². The van der Waals surface area contributed by atoms with Crippen molar-refractivity contribution in [1.29, 1.82) is 0 Å². The Balaban J connectivity index is 2.23. The minimum atomic E-state index is -2.26. The molecule has 0 amide bonds. The van der Waals surface area contributed by atoms with Gasteiger partial charge in [0.25, 0.3) is 8.32 Å². The summed E-state index contributed by atoms with van der Waals surface area (Å²) < 4.78 is 20.8. The van der Waals surface area contributed by atoms with Gasteiger partial charge in [-0.15, -0.1) is 0 Å². The zero-order chi connectivity index (χ0) is 27.0. The molecular formula is C29H52O4Si2. The van der Waals surface area contributed by atoms with Gasteiger partial charge in [-0.3, -0.25) is 4.79 Å². The Morgan fingerprint density at radius 3 is 2.03 bits per heavy atom. The third kappa shape index (κ3) is 3.63. The van der Waals surface area contributed by atoms with Crippen molar-refractivity contribution in [2.75, 3.05) is 6.61 Å². The maximum absolute atomic E-state index is 13.1. The van der Waals surface area contributed by atoms with Crippen molar-refractivity contribution >= 4 is 22.6 Å². The molecule has 0 aromatic rings. The molecule has 3 rings (SSSR count). The lowest BCUT2D eigenvalue weighted by Gasteiger charge is -2.48. The van der Waals surface area contributed by atoms with Crippen molar-refractivity contribution in [3.8, 4) is 0 Å². The highest BCUT2D eigenvalue weighted by atomic mass is 28.4. The quantitative estimate of drug-likeness (QED) is 0.183. The number of esters is 1. The van der Waals surface area contributed by atoms with Crippen LogP contribution in [-0.2, 0) is 18.4 Å². The molecule has 3 aliphatic rings. The van der Waals surface area contributed by atoms with Crippen LogP contribution in [0.5, 0.6) is 0 Å². The van der Waals surface area contributed by atoms with Crippen molar-refractivity contribution in [1.82, 2.24) is 0 Å². The Morgan fingerprint density at radius 2 is 1.57 bits per heavy atom. The second kappa shape index (κ2) is 8.59. The van der Waals surface area contributed by atoms with E-state index in [2.05, 4.69) is 95.8 Å². The lowest BCUT2D eigenvalue weighted by molar-refractivity contribution is -0.162. The lowest BCUT2D eigenvalue weighted by Crippen LogP contribution is -2.55. The van der Waals surface area contributed by atoms with Gasteiger partial charge in [0.15, 0.2) is 8.32 Å². The van der Waals surface area contributed by atoms with E-state index in [9.17, 15) is 4.79 Å². The average molecular weight is 521 g/mol. The van der Waals surface area contributed by atoms with Crippen molar-refractivity contribution in [3.63, 3.8) is 0 Å². The van der Waals surface area contributed by atoms with E-state index in [4.69, 9.17) is 13.6 Å². The highest BCUT2D eigenvalue weighted by Crippen LogP contribution is 2.75. The Bertz CT molecular complexity index is 904. The van der Waals surface area contributed by atoms with Gasteiger partial charge in [0.1, 0.15) is 5.60 Å². The Kier molecular flexibility index (Phi) is 7.05. The summed E-state index contributed by atoms with van der Waals surface area (Å²) in [4.78, 5) is 13.1. The molecule has 35 heavy (non-hydrogen) atoms. The van der Waals surface area contributed by atoms with E-state index in [1.807, 2.05) is 0 Å². The van der Waals surface area contributed by atoms with Crippen LogP contribution in [0.4, 0.5) is 0 Å². The highest BCUT2D eigenvalue weighted by Gasteiger charge is 2.79. The van der Waals surface area contributed by atoms with Crippen LogP contribution in [0.15, 0.2) is 23.5 Å². The molecular weight excluding hydrogens is 468 g/mol. The number of ether oxygens (including phenoxy) is 1. The molecule has 0 radical (unpaired) electrons. The predicted octanol–water partition coefficient (Wildman–Crippen LogP) is 8.52. The fraction of sp³-hybridized carbons (Fsp3) is 0.828. The summed E-state index contributed by atoms with van der Waals surface area (Å²) in [6.45, 7) is 34.9. The number of hydrogen-bond acceptors (Lipinski definition) is 4. The SMILES string of the molecule is C=C1CC[C@@]23OC(=O)C[C@@]12C(O[Si](C(C)C)(C(C)C)C(C)C)=C(C)[C@@]3(C)CO[Si](C)(C)C(C)(C)C. The Hall–Kier alpha value is -0.856. The number of carbonyl (C=O) groups is 1. The molecule has 0 aromatic carbocycles. The maximum atomic E-state index is 13.1. The summed E-state index contributed by atoms with van der Waals surface area (Å²) in [5.74, 6) is 0.888. The molecule has 0 unspecified atom stereocenters. The van der Waals surface area contributed by atoms with E-state index >= 15 is 0 Å². The van der Waals surface area contributed by atoms with E-state index in [0.29, 0.717) is 29.7 Å². The van der Waals surface area contributed by atoms with E-state index < -0.39 is 33.1 Å². The molecule has 0 spiro atoms. The van der Waals surface area contributed by atoms with E-state index in [1.54, 1.807) is 0 Å². The molecule has 1 aliphatic heterocycles. The minimum absolute atomic E-state index is 0.105. The zero-order valence-electron chi connectivity index (χ0n) is 24.9. The van der Waals surface area contributed by atoms with Crippen LogP contribution in [0.2, 0.25) is 34.8 Å². The summed E-state index contributed by atoms with van der Waals surface area (Å²) in [5.41, 5.74) is 1.95. The summed E-state index contributed by atoms with van der Waals surface area (Å²) in [5, 5.41) is 0.105. The molecule has 4 nitrogen and oxygen atoms in total. The molecule has 2 fully saturated rings. The fourth-order valence-corrected chi connectivity index (χ4v) is 14.0. The van der Waals surface area contributed by atoms with Gasteiger partial charge in [-0.25, -0.2) is 0 Å². The topological polar surface area (TPSA) is 44.8 Å². The van der Waals surface area contributed by atoms with Gasteiger partial charge in [-0.2, -0.15) is 0 Å². The smallest absolute Gasteiger partial charge is 0.307 e. The van der Waals surface area contributed by atoms with Gasteiger partial charge in [0.2, 0.25) is 0 Å². The van der Waals surface area contributed by atoms with Gasteiger partial charge >= 0.3 is 5.97 Å². The molecule has 1 saturated carbocycles. The Morgan fingerprint density at radius 1 is 1.06 bits per heavy atom. The third-order valence-corrected chi connectivity index (χ3v) is 21.2. The standard InChI is InChI=1S/C29H52O4Si2/c1-19(2)35(20(3)4,21(5)6)33-25-23(8)27(12,18-31-34(13,14)26(9,10)11)29-16-15-22(7)28(25,29)17-24(30)32-29/h19-21H,7,15-18H2,1-6,8-14H3/t27-,28+,29+/m1/s1. The molecule has 0 N–H and O–H groups in total. The van der Waals surface area contributed by atoms with Crippen LogP contribution in [-0.4, -0.2) is 34.8 Å². The Labute approximate surface area is 217 Å². The summed E-state index contributed by atoms with van der Waals surface area (Å²) >= 11 is 0. The van der Waals surface area contributed by atoms with Crippen molar-refractivity contribution in [2.24, 2.45) is 10.8 Å². The minimum Gasteiger partial charge on any atom is -0.545 e. The second-order valence-electron chi connectivity index (χ2n) is 14.2. The number of hydrogen-bond donors (Lipinski definition) is 0. The van der Waals surface area contributed by atoms with Crippen LogP contribution in [0, 0.1) is 10.8 Å². The third-order valence-electron chi connectivity index (χ3n) is 10.7. The molecule has 2 aliphatic carbocycles. The molecule has 0 aromatic heterocycles. The van der Waals surface area contributed by atoms with E-state index in [1.165, 1.54) is 5.57 Å². The zero-order valence-corrected chi connectivity index (χ0v) is 26.9. The molecule has 3 atom stereocenters. The largest absolute Gasteiger partial charge is 0.545 e. The van der Waals surface area contributed by atoms with Gasteiger partial charge in [-0.1, -0.05) is 74.5 Å². The van der Waals surface area contributed by atoms with Crippen LogP contribution >= 0.6 is 0 Å². The fourth-order valence-electron chi connectivity index (χ4n) is 7.51. The van der Waals surface area contributed by atoms with Gasteiger partial charge in [0.05, 0.1) is 23.0 Å². The first-order chi connectivity index (χ1) is 15.8. The average Bonchev–Trinajstić information content (AvgIpc) is 3.21. The first kappa shape index (κ1) is 28.7. The molecule has 1 heterocycles. The number of rotatable bonds is 8. The highest BCUT2D eigenvalue weighted by molar-refractivity contribution is 6.78. The molecule has 200 valence electrons. The molecule has 0 bridgehead atoms. The maximum Gasteiger partial charge on any atom is 0.307 e. The van der Waals surface area contributed by atoms with Crippen LogP contribution < -0.4 is 0 Å². The van der Waals surface area contributed by atoms with Crippen molar-refractivity contribution < 1.29 is 18.4 Å². The second-order valence-corrected chi connectivity index (χ2v) is 24.4.